The fourth-order valence-corrected chi connectivity index (χ4v) is 2.49. The Balaban J connectivity index is 2.13. The minimum atomic E-state index is 0.714. The van der Waals surface area contributed by atoms with Crippen LogP contribution < -0.4 is 10.5 Å². The number of thiazole rings is 1. The Labute approximate surface area is 102 Å². The van der Waals surface area contributed by atoms with Crippen LogP contribution >= 0.6 is 11.3 Å². The first-order valence-electron chi connectivity index (χ1n) is 5.14. The Morgan fingerprint density at radius 1 is 1.41 bits per heavy atom. The van der Waals surface area contributed by atoms with E-state index in [1.165, 1.54) is 11.3 Å². The lowest BCUT2D eigenvalue weighted by Gasteiger charge is -2.01. The summed E-state index contributed by atoms with van der Waals surface area (Å²) in [6.07, 6.45) is 1.94. The van der Waals surface area contributed by atoms with E-state index in [4.69, 9.17) is 10.5 Å². The van der Waals surface area contributed by atoms with Crippen molar-refractivity contribution in [1.29, 1.82) is 0 Å². The standard InChI is InChI=1S/C12H11N3OS/c1-16-9-4-2-3-8(5-9)10-6-15-11(13)7-17-12(15)14-10/h2-7H,13H2,1H3. The van der Waals surface area contributed by atoms with E-state index < -0.39 is 0 Å². The summed E-state index contributed by atoms with van der Waals surface area (Å²) in [7, 11) is 1.66. The zero-order chi connectivity index (χ0) is 11.8. The molecular formula is C12H11N3OS. The maximum atomic E-state index is 5.83. The van der Waals surface area contributed by atoms with Crippen LogP contribution in [0, 0.1) is 0 Å². The van der Waals surface area contributed by atoms with Crippen molar-refractivity contribution in [3.05, 3.63) is 35.8 Å². The van der Waals surface area contributed by atoms with Crippen LogP contribution in [0.2, 0.25) is 0 Å². The number of fused-ring (bicyclic) bond motifs is 1. The zero-order valence-corrected chi connectivity index (χ0v) is 10.1. The highest BCUT2D eigenvalue weighted by atomic mass is 32.1. The molecule has 0 saturated carbocycles. The number of benzene rings is 1. The van der Waals surface area contributed by atoms with Gasteiger partial charge in [0.2, 0.25) is 0 Å². The Kier molecular flexibility index (Phi) is 2.26. The molecule has 0 aliphatic rings. The highest BCUT2D eigenvalue weighted by molar-refractivity contribution is 7.15. The lowest BCUT2D eigenvalue weighted by atomic mass is 10.1. The number of hydrogen-bond acceptors (Lipinski definition) is 4. The number of imidazole rings is 1. The molecule has 3 aromatic rings. The summed E-state index contributed by atoms with van der Waals surface area (Å²) in [5.74, 6) is 1.54. The first-order chi connectivity index (χ1) is 8.28. The Morgan fingerprint density at radius 2 is 2.29 bits per heavy atom. The van der Waals surface area contributed by atoms with Crippen LogP contribution in [0.25, 0.3) is 16.2 Å². The van der Waals surface area contributed by atoms with Crippen LogP contribution in [0.5, 0.6) is 5.75 Å². The monoisotopic (exact) mass is 245 g/mol. The van der Waals surface area contributed by atoms with Gasteiger partial charge in [-0.05, 0) is 12.1 Å². The molecule has 0 unspecified atom stereocenters. The van der Waals surface area contributed by atoms with Crippen molar-refractivity contribution in [2.45, 2.75) is 0 Å². The maximum absolute atomic E-state index is 5.83. The van der Waals surface area contributed by atoms with Gasteiger partial charge in [-0.2, -0.15) is 0 Å². The Morgan fingerprint density at radius 3 is 3.06 bits per heavy atom. The predicted molar refractivity (Wildman–Crippen MR) is 69.5 cm³/mol. The molecule has 0 radical (unpaired) electrons. The summed E-state index contributed by atoms with van der Waals surface area (Å²) in [6.45, 7) is 0. The van der Waals surface area contributed by atoms with Crippen molar-refractivity contribution in [3.63, 3.8) is 0 Å². The lowest BCUT2D eigenvalue weighted by Crippen LogP contribution is -1.88. The van der Waals surface area contributed by atoms with E-state index in [1.807, 2.05) is 40.2 Å². The number of rotatable bonds is 2. The molecule has 0 aliphatic heterocycles. The van der Waals surface area contributed by atoms with Crippen molar-refractivity contribution in [2.75, 3.05) is 12.8 Å². The SMILES string of the molecule is COc1cccc(-c2cn3c(N)csc3n2)c1. The molecule has 0 aliphatic carbocycles. The van der Waals surface area contributed by atoms with E-state index in [2.05, 4.69) is 4.98 Å². The minimum absolute atomic E-state index is 0.714. The smallest absolute Gasteiger partial charge is 0.195 e. The second-order valence-electron chi connectivity index (χ2n) is 3.67. The molecule has 0 fully saturated rings. The van der Waals surface area contributed by atoms with Gasteiger partial charge >= 0.3 is 0 Å². The van der Waals surface area contributed by atoms with Crippen molar-refractivity contribution < 1.29 is 4.74 Å². The van der Waals surface area contributed by atoms with E-state index in [0.29, 0.717) is 5.82 Å². The molecule has 2 aromatic heterocycles. The fraction of sp³-hybridized carbons (Fsp3) is 0.0833. The summed E-state index contributed by atoms with van der Waals surface area (Å²) in [6, 6.07) is 7.83. The first-order valence-corrected chi connectivity index (χ1v) is 6.02. The predicted octanol–water partition coefficient (Wildman–Crippen LogP) is 2.65. The van der Waals surface area contributed by atoms with E-state index in [0.717, 1.165) is 22.0 Å². The Bertz CT molecular complexity index is 671. The molecule has 2 N–H and O–H groups in total. The van der Waals surface area contributed by atoms with E-state index >= 15 is 0 Å². The largest absolute Gasteiger partial charge is 0.497 e. The lowest BCUT2D eigenvalue weighted by molar-refractivity contribution is 0.415. The Hall–Kier alpha value is -2.01. The van der Waals surface area contributed by atoms with Crippen LogP contribution in [0.15, 0.2) is 35.8 Å². The molecule has 5 heteroatoms. The second kappa shape index (κ2) is 3.78. The van der Waals surface area contributed by atoms with Crippen molar-refractivity contribution in [1.82, 2.24) is 9.38 Å². The van der Waals surface area contributed by atoms with Gasteiger partial charge in [-0.1, -0.05) is 12.1 Å². The van der Waals surface area contributed by atoms with E-state index in [1.54, 1.807) is 7.11 Å². The van der Waals surface area contributed by atoms with Crippen LogP contribution in [-0.2, 0) is 0 Å². The van der Waals surface area contributed by atoms with Gasteiger partial charge in [0.1, 0.15) is 11.6 Å². The van der Waals surface area contributed by atoms with E-state index in [-0.39, 0.29) is 0 Å². The number of anilines is 1. The van der Waals surface area contributed by atoms with Gasteiger partial charge in [0.15, 0.2) is 4.96 Å². The average Bonchev–Trinajstić information content (AvgIpc) is 2.92. The molecule has 86 valence electrons. The average molecular weight is 245 g/mol. The molecule has 2 heterocycles. The summed E-state index contributed by atoms with van der Waals surface area (Å²) in [5.41, 5.74) is 7.76. The fourth-order valence-electron chi connectivity index (χ4n) is 1.72. The summed E-state index contributed by atoms with van der Waals surface area (Å²) < 4.78 is 7.09. The number of nitrogen functional groups attached to an aromatic ring is 1. The number of methoxy groups -OCH3 is 1. The summed E-state index contributed by atoms with van der Waals surface area (Å²) >= 11 is 1.53. The second-order valence-corrected chi connectivity index (χ2v) is 4.51. The van der Waals surface area contributed by atoms with Crippen LogP contribution in [0.4, 0.5) is 5.82 Å². The summed E-state index contributed by atoms with van der Waals surface area (Å²) in [4.78, 5) is 5.43. The van der Waals surface area contributed by atoms with Gasteiger partial charge in [0.25, 0.3) is 0 Å². The number of aromatic nitrogens is 2. The molecule has 1 aromatic carbocycles. The highest BCUT2D eigenvalue weighted by Gasteiger charge is 2.08. The van der Waals surface area contributed by atoms with Crippen molar-refractivity contribution >= 4 is 22.1 Å². The molecule has 3 rings (SSSR count). The normalized spacial score (nSPS) is 10.9. The summed E-state index contributed by atoms with van der Waals surface area (Å²) in [5, 5.41) is 1.89. The third-order valence-electron chi connectivity index (χ3n) is 2.60. The van der Waals surface area contributed by atoms with Gasteiger partial charge in [0.05, 0.1) is 12.8 Å². The van der Waals surface area contributed by atoms with Gasteiger partial charge in [-0.25, -0.2) is 4.98 Å². The molecule has 0 spiro atoms. The molecule has 0 atom stereocenters. The molecule has 17 heavy (non-hydrogen) atoms. The van der Waals surface area contributed by atoms with Crippen molar-refractivity contribution in [2.24, 2.45) is 0 Å². The molecule has 0 amide bonds. The number of ether oxygens (including phenoxy) is 1. The number of nitrogens with two attached hydrogens (primary N) is 1. The van der Waals surface area contributed by atoms with Crippen LogP contribution in [-0.4, -0.2) is 16.5 Å². The molecule has 4 nitrogen and oxygen atoms in total. The van der Waals surface area contributed by atoms with Gasteiger partial charge < -0.3 is 10.5 Å². The zero-order valence-electron chi connectivity index (χ0n) is 9.25. The molecular weight excluding hydrogens is 234 g/mol. The first kappa shape index (κ1) is 10.2. The number of nitrogens with zero attached hydrogens (tertiary/aromatic N) is 2. The van der Waals surface area contributed by atoms with Gasteiger partial charge in [0, 0.05) is 17.1 Å². The third kappa shape index (κ3) is 1.64. The van der Waals surface area contributed by atoms with Gasteiger partial charge in [-0.3, -0.25) is 4.40 Å². The van der Waals surface area contributed by atoms with Crippen molar-refractivity contribution in [3.8, 4) is 17.0 Å². The van der Waals surface area contributed by atoms with E-state index in [9.17, 15) is 0 Å². The topological polar surface area (TPSA) is 52.5 Å². The van der Waals surface area contributed by atoms with Crippen LogP contribution in [0.3, 0.4) is 0 Å². The third-order valence-corrected chi connectivity index (χ3v) is 3.46. The molecule has 0 saturated heterocycles. The van der Waals surface area contributed by atoms with Gasteiger partial charge in [-0.15, -0.1) is 11.3 Å². The maximum Gasteiger partial charge on any atom is 0.195 e. The highest BCUT2D eigenvalue weighted by Crippen LogP contribution is 2.26. The molecule has 0 bridgehead atoms. The quantitative estimate of drug-likeness (QED) is 0.755. The number of hydrogen-bond donors (Lipinski definition) is 1. The minimum Gasteiger partial charge on any atom is -0.497 e. The van der Waals surface area contributed by atoms with Crippen LogP contribution in [0.1, 0.15) is 0 Å².